The number of amides is 1. The van der Waals surface area contributed by atoms with Crippen molar-refractivity contribution < 1.29 is 14.3 Å². The zero-order valence-electron chi connectivity index (χ0n) is 12.9. The van der Waals surface area contributed by atoms with E-state index in [1.165, 1.54) is 0 Å². The zero-order valence-corrected chi connectivity index (χ0v) is 12.9. The predicted molar refractivity (Wildman–Crippen MR) is 77.3 cm³/mol. The minimum Gasteiger partial charge on any atom is -0.376 e. The van der Waals surface area contributed by atoms with E-state index in [1.54, 1.807) is 0 Å². The molecule has 1 amide bonds. The SMILES string of the molecule is CCCC1NC(CC(C)C)C(=O)N1CC1COCCO1. The molecule has 3 atom stereocenters. The molecule has 0 spiro atoms. The summed E-state index contributed by atoms with van der Waals surface area (Å²) in [5.74, 6) is 0.749. The third kappa shape index (κ3) is 3.93. The van der Waals surface area contributed by atoms with Gasteiger partial charge < -0.3 is 14.4 Å². The molecule has 0 radical (unpaired) electrons. The maximum atomic E-state index is 12.6. The molecule has 2 saturated heterocycles. The minimum atomic E-state index is -0.0314. The molecule has 0 saturated carbocycles. The molecule has 2 aliphatic heterocycles. The van der Waals surface area contributed by atoms with Crippen molar-refractivity contribution in [3.63, 3.8) is 0 Å². The van der Waals surface area contributed by atoms with Crippen LogP contribution in [0.1, 0.15) is 40.0 Å². The first-order valence-electron chi connectivity index (χ1n) is 7.87. The fourth-order valence-electron chi connectivity index (χ4n) is 2.98. The third-order valence-corrected chi connectivity index (χ3v) is 3.91. The number of nitrogens with zero attached hydrogens (tertiary/aromatic N) is 1. The molecule has 0 aromatic heterocycles. The first kappa shape index (κ1) is 15.7. The van der Waals surface area contributed by atoms with Gasteiger partial charge in [-0.25, -0.2) is 0 Å². The number of hydrogen-bond donors (Lipinski definition) is 1. The van der Waals surface area contributed by atoms with Gasteiger partial charge in [0.1, 0.15) is 0 Å². The lowest BCUT2D eigenvalue weighted by Gasteiger charge is -2.30. The molecule has 2 heterocycles. The fourth-order valence-corrected chi connectivity index (χ4v) is 2.98. The normalized spacial score (nSPS) is 31.3. The maximum absolute atomic E-state index is 12.6. The predicted octanol–water partition coefficient (Wildman–Crippen LogP) is 1.37. The molecular formula is C15H28N2O3. The van der Waals surface area contributed by atoms with Crippen LogP contribution >= 0.6 is 0 Å². The van der Waals surface area contributed by atoms with Gasteiger partial charge in [-0.15, -0.1) is 0 Å². The van der Waals surface area contributed by atoms with E-state index in [-0.39, 0.29) is 24.2 Å². The van der Waals surface area contributed by atoms with Crippen LogP contribution in [-0.2, 0) is 14.3 Å². The smallest absolute Gasteiger partial charge is 0.241 e. The quantitative estimate of drug-likeness (QED) is 0.800. The Bertz CT molecular complexity index is 316. The second-order valence-electron chi connectivity index (χ2n) is 6.21. The summed E-state index contributed by atoms with van der Waals surface area (Å²) in [5.41, 5.74) is 0. The number of hydrogen-bond acceptors (Lipinski definition) is 4. The van der Waals surface area contributed by atoms with Gasteiger partial charge in [-0.05, 0) is 18.8 Å². The Balaban J connectivity index is 1.96. The van der Waals surface area contributed by atoms with Gasteiger partial charge in [-0.1, -0.05) is 27.2 Å². The summed E-state index contributed by atoms with van der Waals surface area (Å²) in [6, 6.07) is -0.0314. The Morgan fingerprint density at radius 1 is 1.40 bits per heavy atom. The summed E-state index contributed by atoms with van der Waals surface area (Å²) >= 11 is 0. The Hall–Kier alpha value is -0.650. The van der Waals surface area contributed by atoms with Gasteiger partial charge in [0.05, 0.1) is 44.7 Å². The summed E-state index contributed by atoms with van der Waals surface area (Å²) in [6.07, 6.45) is 3.14. The first-order valence-corrected chi connectivity index (χ1v) is 7.87. The molecule has 116 valence electrons. The summed E-state index contributed by atoms with van der Waals surface area (Å²) in [7, 11) is 0. The van der Waals surface area contributed by atoms with Gasteiger partial charge in [-0.2, -0.15) is 0 Å². The lowest BCUT2D eigenvalue weighted by atomic mass is 10.0. The van der Waals surface area contributed by atoms with Crippen molar-refractivity contribution >= 4 is 5.91 Å². The van der Waals surface area contributed by atoms with Gasteiger partial charge in [0.2, 0.25) is 5.91 Å². The molecule has 3 unspecified atom stereocenters. The van der Waals surface area contributed by atoms with Crippen molar-refractivity contribution in [1.82, 2.24) is 10.2 Å². The van der Waals surface area contributed by atoms with Gasteiger partial charge >= 0.3 is 0 Å². The van der Waals surface area contributed by atoms with E-state index < -0.39 is 0 Å². The lowest BCUT2D eigenvalue weighted by Crippen LogP contribution is -2.45. The largest absolute Gasteiger partial charge is 0.376 e. The van der Waals surface area contributed by atoms with E-state index >= 15 is 0 Å². The van der Waals surface area contributed by atoms with Crippen LogP contribution in [0.25, 0.3) is 0 Å². The van der Waals surface area contributed by atoms with E-state index in [2.05, 4.69) is 26.1 Å². The summed E-state index contributed by atoms with van der Waals surface area (Å²) < 4.78 is 11.1. The first-order chi connectivity index (χ1) is 9.61. The number of ether oxygens (including phenoxy) is 2. The standard InChI is InChI=1S/C15H28N2O3/c1-4-5-14-16-13(8-11(2)3)15(18)17(14)9-12-10-19-6-7-20-12/h11-14,16H,4-10H2,1-3H3. The molecule has 0 aromatic carbocycles. The van der Waals surface area contributed by atoms with Crippen molar-refractivity contribution in [2.24, 2.45) is 5.92 Å². The van der Waals surface area contributed by atoms with Gasteiger partial charge in [0.15, 0.2) is 0 Å². The number of carbonyl (C=O) groups excluding carboxylic acids is 1. The second kappa shape index (κ2) is 7.38. The Kier molecular flexibility index (Phi) is 5.81. The number of rotatable bonds is 6. The molecule has 2 aliphatic rings. The molecule has 0 aromatic rings. The zero-order chi connectivity index (χ0) is 14.5. The summed E-state index contributed by atoms with van der Waals surface area (Å²) in [4.78, 5) is 14.5. The molecule has 2 rings (SSSR count). The highest BCUT2D eigenvalue weighted by Gasteiger charge is 2.39. The van der Waals surface area contributed by atoms with Gasteiger partial charge in [0.25, 0.3) is 0 Å². The topological polar surface area (TPSA) is 50.8 Å². The summed E-state index contributed by atoms with van der Waals surface area (Å²) in [6.45, 7) is 9.00. The van der Waals surface area contributed by atoms with Crippen LogP contribution in [0.2, 0.25) is 0 Å². The average molecular weight is 284 g/mol. The molecule has 20 heavy (non-hydrogen) atoms. The molecule has 1 N–H and O–H groups in total. The van der Waals surface area contributed by atoms with Crippen LogP contribution in [0.4, 0.5) is 0 Å². The molecule has 0 aliphatic carbocycles. The Morgan fingerprint density at radius 3 is 2.80 bits per heavy atom. The summed E-state index contributed by atoms with van der Waals surface area (Å²) in [5, 5.41) is 3.49. The average Bonchev–Trinajstić information content (AvgIpc) is 2.69. The molecular weight excluding hydrogens is 256 g/mol. The third-order valence-electron chi connectivity index (χ3n) is 3.91. The van der Waals surface area contributed by atoms with Crippen LogP contribution in [0.5, 0.6) is 0 Å². The highest BCUT2D eigenvalue weighted by atomic mass is 16.6. The highest BCUT2D eigenvalue weighted by molar-refractivity contribution is 5.84. The van der Waals surface area contributed by atoms with E-state index in [4.69, 9.17) is 9.47 Å². The van der Waals surface area contributed by atoms with Crippen molar-refractivity contribution in [3.8, 4) is 0 Å². The number of carbonyl (C=O) groups is 1. The van der Waals surface area contributed by atoms with Crippen molar-refractivity contribution in [1.29, 1.82) is 0 Å². The second-order valence-corrected chi connectivity index (χ2v) is 6.21. The molecule has 2 fully saturated rings. The minimum absolute atomic E-state index is 0.0201. The fraction of sp³-hybridized carbons (Fsp3) is 0.933. The molecule has 5 heteroatoms. The van der Waals surface area contributed by atoms with Gasteiger partial charge in [0, 0.05) is 0 Å². The van der Waals surface area contributed by atoms with Crippen LogP contribution in [-0.4, -0.2) is 55.5 Å². The van der Waals surface area contributed by atoms with Crippen LogP contribution in [0.3, 0.4) is 0 Å². The Morgan fingerprint density at radius 2 is 2.20 bits per heavy atom. The monoisotopic (exact) mass is 284 g/mol. The van der Waals surface area contributed by atoms with Crippen molar-refractivity contribution in [2.45, 2.75) is 58.3 Å². The van der Waals surface area contributed by atoms with Gasteiger partial charge in [-0.3, -0.25) is 10.1 Å². The maximum Gasteiger partial charge on any atom is 0.241 e. The molecule has 5 nitrogen and oxygen atoms in total. The molecule has 0 bridgehead atoms. The lowest BCUT2D eigenvalue weighted by molar-refractivity contribution is -0.137. The van der Waals surface area contributed by atoms with E-state index in [1.807, 2.05) is 4.90 Å². The van der Waals surface area contributed by atoms with E-state index in [9.17, 15) is 4.79 Å². The van der Waals surface area contributed by atoms with E-state index in [0.717, 1.165) is 19.3 Å². The van der Waals surface area contributed by atoms with E-state index in [0.29, 0.717) is 32.3 Å². The van der Waals surface area contributed by atoms with Crippen LogP contribution < -0.4 is 5.32 Å². The van der Waals surface area contributed by atoms with Crippen LogP contribution in [0.15, 0.2) is 0 Å². The van der Waals surface area contributed by atoms with Crippen LogP contribution in [0, 0.1) is 5.92 Å². The van der Waals surface area contributed by atoms with Crippen molar-refractivity contribution in [3.05, 3.63) is 0 Å². The number of nitrogens with one attached hydrogen (secondary N) is 1. The Labute approximate surface area is 122 Å². The van der Waals surface area contributed by atoms with Crippen molar-refractivity contribution in [2.75, 3.05) is 26.4 Å². The highest BCUT2D eigenvalue weighted by Crippen LogP contribution is 2.21.